The van der Waals surface area contributed by atoms with Crippen LogP contribution in [0.2, 0.25) is 0 Å². The fourth-order valence-electron chi connectivity index (χ4n) is 2.62. The Labute approximate surface area is 108 Å². The van der Waals surface area contributed by atoms with Crippen LogP contribution in [0.4, 0.5) is 0 Å². The molecule has 0 bridgehead atoms. The standard InChI is InChI=1S/C13H13NO3S/c15-12-10-3-1-2-4-11(10)18-14(12)9-6-5-8(7-9)13(16)17/h1-4,8-9H,5-7H2,(H,16,17). The Morgan fingerprint density at radius 2 is 2.11 bits per heavy atom. The van der Waals surface area contributed by atoms with E-state index in [-0.39, 0.29) is 17.5 Å². The van der Waals surface area contributed by atoms with Crippen molar-refractivity contribution in [1.82, 2.24) is 3.96 Å². The quantitative estimate of drug-likeness (QED) is 0.905. The molecular weight excluding hydrogens is 250 g/mol. The van der Waals surface area contributed by atoms with Crippen molar-refractivity contribution in [3.8, 4) is 0 Å². The molecule has 2 unspecified atom stereocenters. The van der Waals surface area contributed by atoms with Crippen LogP contribution in [-0.2, 0) is 4.79 Å². The summed E-state index contributed by atoms with van der Waals surface area (Å²) in [5, 5.41) is 9.74. The summed E-state index contributed by atoms with van der Waals surface area (Å²) >= 11 is 1.45. The molecule has 1 heterocycles. The Morgan fingerprint density at radius 1 is 1.33 bits per heavy atom. The second-order valence-corrected chi connectivity index (χ2v) is 5.74. The first kappa shape index (κ1) is 11.5. The van der Waals surface area contributed by atoms with Gasteiger partial charge >= 0.3 is 5.97 Å². The van der Waals surface area contributed by atoms with E-state index in [0.717, 1.165) is 16.5 Å². The van der Waals surface area contributed by atoms with E-state index in [1.54, 1.807) is 3.96 Å². The molecule has 0 spiro atoms. The van der Waals surface area contributed by atoms with Gasteiger partial charge in [-0.1, -0.05) is 23.7 Å². The van der Waals surface area contributed by atoms with Crippen molar-refractivity contribution in [2.75, 3.05) is 0 Å². The van der Waals surface area contributed by atoms with Crippen LogP contribution in [-0.4, -0.2) is 15.0 Å². The van der Waals surface area contributed by atoms with E-state index < -0.39 is 5.97 Å². The number of carboxylic acid groups (broad SMARTS) is 1. The van der Waals surface area contributed by atoms with E-state index in [0.29, 0.717) is 12.8 Å². The topological polar surface area (TPSA) is 59.3 Å². The van der Waals surface area contributed by atoms with Crippen LogP contribution in [0.1, 0.15) is 25.3 Å². The number of hydrogen-bond acceptors (Lipinski definition) is 3. The maximum Gasteiger partial charge on any atom is 0.306 e. The van der Waals surface area contributed by atoms with Gasteiger partial charge in [-0.25, -0.2) is 0 Å². The lowest BCUT2D eigenvalue weighted by Gasteiger charge is -2.08. The van der Waals surface area contributed by atoms with E-state index in [2.05, 4.69) is 0 Å². The van der Waals surface area contributed by atoms with Gasteiger partial charge in [0, 0.05) is 6.04 Å². The first-order valence-corrected chi connectivity index (χ1v) is 6.77. The van der Waals surface area contributed by atoms with Crippen molar-refractivity contribution < 1.29 is 9.90 Å². The van der Waals surface area contributed by atoms with Gasteiger partial charge < -0.3 is 5.11 Å². The van der Waals surface area contributed by atoms with Crippen LogP contribution in [0.5, 0.6) is 0 Å². The fraction of sp³-hybridized carbons (Fsp3) is 0.385. The lowest BCUT2D eigenvalue weighted by molar-refractivity contribution is -0.141. The van der Waals surface area contributed by atoms with Crippen molar-refractivity contribution in [2.45, 2.75) is 25.3 Å². The van der Waals surface area contributed by atoms with Gasteiger partial charge in [0.25, 0.3) is 5.56 Å². The summed E-state index contributed by atoms with van der Waals surface area (Å²) in [4.78, 5) is 23.2. The Kier molecular flexibility index (Phi) is 2.70. The average Bonchev–Trinajstić information content (AvgIpc) is 2.95. The molecule has 1 aromatic heterocycles. The maximum absolute atomic E-state index is 12.2. The third-order valence-electron chi connectivity index (χ3n) is 3.60. The van der Waals surface area contributed by atoms with E-state index in [4.69, 9.17) is 5.11 Å². The highest BCUT2D eigenvalue weighted by atomic mass is 32.1. The summed E-state index contributed by atoms with van der Waals surface area (Å²) < 4.78 is 2.73. The number of hydrogen-bond donors (Lipinski definition) is 1. The molecular formula is C13H13NO3S. The third kappa shape index (κ3) is 1.75. The number of carboxylic acids is 1. The molecule has 18 heavy (non-hydrogen) atoms. The Hall–Kier alpha value is -1.62. The molecule has 3 rings (SSSR count). The van der Waals surface area contributed by atoms with Crippen molar-refractivity contribution in [1.29, 1.82) is 0 Å². The number of rotatable bonds is 2. The lowest BCUT2D eigenvalue weighted by Crippen LogP contribution is -2.18. The molecule has 1 N–H and O–H groups in total. The lowest BCUT2D eigenvalue weighted by atomic mass is 10.1. The van der Waals surface area contributed by atoms with E-state index in [1.807, 2.05) is 24.3 Å². The van der Waals surface area contributed by atoms with E-state index >= 15 is 0 Å². The maximum atomic E-state index is 12.2. The van der Waals surface area contributed by atoms with Gasteiger partial charge in [0.05, 0.1) is 16.0 Å². The molecule has 1 saturated carbocycles. The Morgan fingerprint density at radius 3 is 2.78 bits per heavy atom. The zero-order chi connectivity index (χ0) is 12.7. The van der Waals surface area contributed by atoms with Gasteiger partial charge in [0.15, 0.2) is 0 Å². The molecule has 1 fully saturated rings. The van der Waals surface area contributed by atoms with Gasteiger partial charge in [0.2, 0.25) is 0 Å². The van der Waals surface area contributed by atoms with Crippen LogP contribution in [0, 0.1) is 5.92 Å². The number of fused-ring (bicyclic) bond motifs is 1. The number of nitrogens with zero attached hydrogens (tertiary/aromatic N) is 1. The smallest absolute Gasteiger partial charge is 0.306 e. The minimum Gasteiger partial charge on any atom is -0.481 e. The predicted molar refractivity (Wildman–Crippen MR) is 70.1 cm³/mol. The van der Waals surface area contributed by atoms with Gasteiger partial charge in [-0.15, -0.1) is 0 Å². The minimum atomic E-state index is -0.744. The van der Waals surface area contributed by atoms with E-state index in [9.17, 15) is 9.59 Å². The largest absolute Gasteiger partial charge is 0.481 e. The second kappa shape index (κ2) is 4.24. The zero-order valence-corrected chi connectivity index (χ0v) is 10.5. The van der Waals surface area contributed by atoms with Crippen molar-refractivity contribution >= 4 is 27.6 Å². The Bertz CT molecular complexity index is 658. The summed E-state index contributed by atoms with van der Waals surface area (Å²) in [6, 6.07) is 7.58. The molecule has 2 aromatic rings. The van der Waals surface area contributed by atoms with Gasteiger partial charge in [-0.05, 0) is 31.4 Å². The van der Waals surface area contributed by atoms with Gasteiger partial charge in [0.1, 0.15) is 0 Å². The minimum absolute atomic E-state index is 0.0200. The molecule has 5 heteroatoms. The second-order valence-electron chi connectivity index (χ2n) is 4.72. The predicted octanol–water partition coefficient (Wildman–Crippen LogP) is 2.49. The molecule has 0 aliphatic heterocycles. The zero-order valence-electron chi connectivity index (χ0n) is 9.70. The van der Waals surface area contributed by atoms with Crippen LogP contribution >= 0.6 is 11.5 Å². The molecule has 4 nitrogen and oxygen atoms in total. The number of aliphatic carboxylic acids is 1. The van der Waals surface area contributed by atoms with Gasteiger partial charge in [-0.2, -0.15) is 0 Å². The molecule has 1 aromatic carbocycles. The van der Waals surface area contributed by atoms with Crippen molar-refractivity contribution in [3.05, 3.63) is 34.6 Å². The molecule has 2 atom stereocenters. The number of aromatic nitrogens is 1. The molecule has 1 aliphatic rings. The van der Waals surface area contributed by atoms with Crippen molar-refractivity contribution in [3.63, 3.8) is 0 Å². The summed E-state index contributed by atoms with van der Waals surface area (Å²) in [5.74, 6) is -1.04. The average molecular weight is 263 g/mol. The first-order chi connectivity index (χ1) is 8.66. The highest BCUT2D eigenvalue weighted by Gasteiger charge is 2.32. The first-order valence-electron chi connectivity index (χ1n) is 6.00. The molecule has 0 saturated heterocycles. The van der Waals surface area contributed by atoms with Crippen LogP contribution in [0.3, 0.4) is 0 Å². The molecule has 0 amide bonds. The van der Waals surface area contributed by atoms with E-state index in [1.165, 1.54) is 11.5 Å². The molecule has 94 valence electrons. The molecule has 0 radical (unpaired) electrons. The summed E-state index contributed by atoms with van der Waals surface area (Å²) in [6.45, 7) is 0. The monoisotopic (exact) mass is 263 g/mol. The number of carbonyl (C=O) groups is 1. The van der Waals surface area contributed by atoms with Crippen LogP contribution in [0.25, 0.3) is 10.1 Å². The van der Waals surface area contributed by atoms with Gasteiger partial charge in [-0.3, -0.25) is 13.5 Å². The SMILES string of the molecule is O=C(O)C1CCC(n2sc3ccccc3c2=O)C1. The summed E-state index contributed by atoms with van der Waals surface area (Å²) in [6.07, 6.45) is 2.02. The van der Waals surface area contributed by atoms with Crippen LogP contribution in [0.15, 0.2) is 29.1 Å². The fourth-order valence-corrected chi connectivity index (χ4v) is 3.75. The summed E-state index contributed by atoms with van der Waals surface area (Å²) in [7, 11) is 0. The molecule has 1 aliphatic carbocycles. The number of benzene rings is 1. The summed E-state index contributed by atoms with van der Waals surface area (Å²) in [5.41, 5.74) is 0.0200. The highest BCUT2D eigenvalue weighted by molar-refractivity contribution is 7.13. The third-order valence-corrected chi connectivity index (χ3v) is 4.81. The Balaban J connectivity index is 1.99. The van der Waals surface area contributed by atoms with Crippen molar-refractivity contribution in [2.24, 2.45) is 5.92 Å². The van der Waals surface area contributed by atoms with Crippen LogP contribution < -0.4 is 5.56 Å². The normalized spacial score (nSPS) is 23.6. The highest BCUT2D eigenvalue weighted by Crippen LogP contribution is 2.36.